The average Bonchev–Trinajstić information content (AvgIpc) is 2.74. The standard InChI is InChI=1S/C23H22N2O3/c26-16-17-8-7-13-20(14-17)24-22(27)15-21(18-9-3-1-4-10-18)25-23(28)19-11-5-2-6-12-19/h1-14,21,26H,15-16H2,(H,24,27)(H,25,28). The molecule has 0 aliphatic heterocycles. The molecule has 0 saturated carbocycles. The van der Waals surface area contributed by atoms with Gasteiger partial charge in [-0.25, -0.2) is 0 Å². The van der Waals surface area contributed by atoms with Gasteiger partial charge in [0, 0.05) is 11.3 Å². The van der Waals surface area contributed by atoms with Gasteiger partial charge < -0.3 is 15.7 Å². The molecule has 2 amide bonds. The Morgan fingerprint density at radius 1 is 0.857 bits per heavy atom. The lowest BCUT2D eigenvalue weighted by Crippen LogP contribution is -2.31. The zero-order chi connectivity index (χ0) is 19.8. The van der Waals surface area contributed by atoms with E-state index in [9.17, 15) is 14.7 Å². The third-order valence-electron chi connectivity index (χ3n) is 4.33. The van der Waals surface area contributed by atoms with E-state index >= 15 is 0 Å². The summed E-state index contributed by atoms with van der Waals surface area (Å²) in [5.41, 5.74) is 2.72. The second kappa shape index (κ2) is 9.48. The first-order valence-electron chi connectivity index (χ1n) is 9.06. The van der Waals surface area contributed by atoms with Gasteiger partial charge in [-0.2, -0.15) is 0 Å². The summed E-state index contributed by atoms with van der Waals surface area (Å²) < 4.78 is 0. The van der Waals surface area contributed by atoms with Gasteiger partial charge in [0.1, 0.15) is 0 Å². The minimum Gasteiger partial charge on any atom is -0.392 e. The molecule has 5 nitrogen and oxygen atoms in total. The quantitative estimate of drug-likeness (QED) is 0.590. The van der Waals surface area contributed by atoms with Crippen molar-refractivity contribution in [1.82, 2.24) is 5.32 Å². The van der Waals surface area contributed by atoms with E-state index in [1.807, 2.05) is 36.4 Å². The van der Waals surface area contributed by atoms with Crippen molar-refractivity contribution >= 4 is 17.5 Å². The lowest BCUT2D eigenvalue weighted by atomic mass is 10.0. The van der Waals surface area contributed by atoms with Crippen molar-refractivity contribution in [3.63, 3.8) is 0 Å². The summed E-state index contributed by atoms with van der Waals surface area (Å²) in [6.45, 7) is -0.0938. The fourth-order valence-electron chi connectivity index (χ4n) is 2.91. The van der Waals surface area contributed by atoms with Crippen LogP contribution < -0.4 is 10.6 Å². The van der Waals surface area contributed by atoms with Crippen molar-refractivity contribution in [3.05, 3.63) is 102 Å². The molecular weight excluding hydrogens is 352 g/mol. The van der Waals surface area contributed by atoms with E-state index in [0.717, 1.165) is 11.1 Å². The van der Waals surface area contributed by atoms with Crippen LogP contribution in [0.5, 0.6) is 0 Å². The summed E-state index contributed by atoms with van der Waals surface area (Å²) in [5, 5.41) is 15.0. The number of hydrogen-bond acceptors (Lipinski definition) is 3. The molecule has 3 N–H and O–H groups in total. The number of nitrogens with one attached hydrogen (secondary N) is 2. The van der Waals surface area contributed by atoms with Crippen LogP contribution in [0, 0.1) is 0 Å². The maximum Gasteiger partial charge on any atom is 0.251 e. The number of hydrogen-bond donors (Lipinski definition) is 3. The van der Waals surface area contributed by atoms with Crippen LogP contribution in [0.2, 0.25) is 0 Å². The summed E-state index contributed by atoms with van der Waals surface area (Å²) in [6, 6.07) is 24.9. The smallest absolute Gasteiger partial charge is 0.251 e. The molecule has 0 spiro atoms. The molecule has 0 aliphatic rings. The van der Waals surface area contributed by atoms with E-state index in [2.05, 4.69) is 10.6 Å². The summed E-state index contributed by atoms with van der Waals surface area (Å²) in [4.78, 5) is 25.2. The SMILES string of the molecule is O=C(CC(NC(=O)c1ccccc1)c1ccccc1)Nc1cccc(CO)c1. The fourth-order valence-corrected chi connectivity index (χ4v) is 2.91. The zero-order valence-electron chi connectivity index (χ0n) is 15.3. The summed E-state index contributed by atoms with van der Waals surface area (Å²) >= 11 is 0. The molecular formula is C23H22N2O3. The maximum atomic E-state index is 12.6. The Bertz CT molecular complexity index is 927. The van der Waals surface area contributed by atoms with Gasteiger partial charge in [0.25, 0.3) is 5.91 Å². The summed E-state index contributed by atoms with van der Waals surface area (Å²) in [6.07, 6.45) is 0.0892. The molecule has 0 radical (unpaired) electrons. The van der Waals surface area contributed by atoms with Crippen molar-refractivity contribution in [2.24, 2.45) is 0 Å². The van der Waals surface area contributed by atoms with Gasteiger partial charge in [0.2, 0.25) is 5.91 Å². The molecule has 1 unspecified atom stereocenters. The van der Waals surface area contributed by atoms with Gasteiger partial charge in [-0.3, -0.25) is 9.59 Å². The highest BCUT2D eigenvalue weighted by Gasteiger charge is 2.19. The second-order valence-corrected chi connectivity index (χ2v) is 6.41. The number of aliphatic hydroxyl groups excluding tert-OH is 1. The molecule has 5 heteroatoms. The Morgan fingerprint density at radius 3 is 2.21 bits per heavy atom. The average molecular weight is 374 g/mol. The molecule has 0 heterocycles. The predicted molar refractivity (Wildman–Crippen MR) is 109 cm³/mol. The lowest BCUT2D eigenvalue weighted by Gasteiger charge is -2.19. The highest BCUT2D eigenvalue weighted by molar-refractivity contribution is 5.95. The van der Waals surface area contributed by atoms with E-state index in [1.54, 1.807) is 48.5 Å². The first-order valence-corrected chi connectivity index (χ1v) is 9.06. The van der Waals surface area contributed by atoms with E-state index < -0.39 is 6.04 Å². The summed E-state index contributed by atoms with van der Waals surface area (Å²) in [5.74, 6) is -0.457. The molecule has 0 fully saturated rings. The molecule has 0 bridgehead atoms. The predicted octanol–water partition coefficient (Wildman–Crippen LogP) is 3.68. The van der Waals surface area contributed by atoms with Crippen molar-refractivity contribution < 1.29 is 14.7 Å². The Hall–Kier alpha value is -3.44. The first-order chi connectivity index (χ1) is 13.7. The largest absolute Gasteiger partial charge is 0.392 e. The minimum atomic E-state index is -0.463. The van der Waals surface area contributed by atoms with E-state index in [-0.39, 0.29) is 24.8 Å². The topological polar surface area (TPSA) is 78.4 Å². The number of carbonyl (C=O) groups is 2. The van der Waals surface area contributed by atoms with Crippen LogP contribution in [-0.4, -0.2) is 16.9 Å². The van der Waals surface area contributed by atoms with Crippen LogP contribution >= 0.6 is 0 Å². The second-order valence-electron chi connectivity index (χ2n) is 6.41. The van der Waals surface area contributed by atoms with Gasteiger partial charge >= 0.3 is 0 Å². The number of rotatable bonds is 7. The van der Waals surface area contributed by atoms with E-state index in [4.69, 9.17) is 0 Å². The van der Waals surface area contributed by atoms with Gasteiger partial charge in [0.05, 0.1) is 19.1 Å². The Labute approximate surface area is 164 Å². The molecule has 3 rings (SSSR count). The van der Waals surface area contributed by atoms with Crippen LogP contribution in [0.1, 0.15) is 33.9 Å². The van der Waals surface area contributed by atoms with E-state index in [0.29, 0.717) is 11.3 Å². The normalized spacial score (nSPS) is 11.5. The third-order valence-corrected chi connectivity index (χ3v) is 4.33. The van der Waals surface area contributed by atoms with Gasteiger partial charge in [-0.1, -0.05) is 60.7 Å². The highest BCUT2D eigenvalue weighted by atomic mass is 16.3. The molecule has 0 aliphatic carbocycles. The lowest BCUT2D eigenvalue weighted by molar-refractivity contribution is -0.116. The van der Waals surface area contributed by atoms with Crippen LogP contribution in [0.15, 0.2) is 84.9 Å². The number of amides is 2. The van der Waals surface area contributed by atoms with E-state index in [1.165, 1.54) is 0 Å². The fraction of sp³-hybridized carbons (Fsp3) is 0.130. The molecule has 0 aromatic heterocycles. The number of carbonyl (C=O) groups excluding carboxylic acids is 2. The Kier molecular flexibility index (Phi) is 6.54. The van der Waals surface area contributed by atoms with Crippen LogP contribution in [0.3, 0.4) is 0 Å². The highest BCUT2D eigenvalue weighted by Crippen LogP contribution is 2.19. The van der Waals surface area contributed by atoms with Crippen LogP contribution in [0.4, 0.5) is 5.69 Å². The molecule has 3 aromatic carbocycles. The Balaban J connectivity index is 1.73. The molecule has 28 heavy (non-hydrogen) atoms. The van der Waals surface area contributed by atoms with Crippen molar-refractivity contribution in [3.8, 4) is 0 Å². The zero-order valence-corrected chi connectivity index (χ0v) is 15.3. The van der Waals surface area contributed by atoms with Crippen molar-refractivity contribution in [2.45, 2.75) is 19.1 Å². The molecule has 3 aromatic rings. The van der Waals surface area contributed by atoms with Crippen LogP contribution in [-0.2, 0) is 11.4 Å². The Morgan fingerprint density at radius 2 is 1.54 bits per heavy atom. The van der Waals surface area contributed by atoms with Crippen molar-refractivity contribution in [1.29, 1.82) is 0 Å². The monoisotopic (exact) mass is 374 g/mol. The molecule has 1 atom stereocenters. The molecule has 0 saturated heterocycles. The molecule has 142 valence electrons. The number of anilines is 1. The number of aliphatic hydroxyl groups is 1. The maximum absolute atomic E-state index is 12.6. The third kappa shape index (κ3) is 5.28. The van der Waals surface area contributed by atoms with Gasteiger partial charge in [-0.05, 0) is 35.4 Å². The minimum absolute atomic E-state index is 0.0892. The van der Waals surface area contributed by atoms with Crippen molar-refractivity contribution in [2.75, 3.05) is 5.32 Å². The first kappa shape index (κ1) is 19.3. The van der Waals surface area contributed by atoms with Gasteiger partial charge in [0.15, 0.2) is 0 Å². The summed E-state index contributed by atoms with van der Waals surface area (Å²) in [7, 11) is 0. The van der Waals surface area contributed by atoms with Gasteiger partial charge in [-0.15, -0.1) is 0 Å². The number of benzene rings is 3. The van der Waals surface area contributed by atoms with Crippen LogP contribution in [0.25, 0.3) is 0 Å².